The van der Waals surface area contributed by atoms with Gasteiger partial charge in [0.15, 0.2) is 0 Å². The van der Waals surface area contributed by atoms with Crippen molar-refractivity contribution in [1.82, 2.24) is 4.90 Å². The fourth-order valence-electron chi connectivity index (χ4n) is 3.73. The number of nitrogens with zero attached hydrogens (tertiary/aromatic N) is 1. The van der Waals surface area contributed by atoms with Crippen molar-refractivity contribution in [2.24, 2.45) is 11.8 Å². The first-order valence-corrected chi connectivity index (χ1v) is 7.39. The third-order valence-corrected chi connectivity index (χ3v) is 4.36. The minimum atomic E-state index is -0.596. The molecule has 2 aliphatic heterocycles. The number of hydrogen-bond acceptors (Lipinski definition) is 3. The van der Waals surface area contributed by atoms with Gasteiger partial charge in [0.1, 0.15) is 24.3 Å². The predicted octanol–water partition coefficient (Wildman–Crippen LogP) is 2.60. The second-order valence-electron chi connectivity index (χ2n) is 6.41. The Morgan fingerprint density at radius 3 is 2.65 bits per heavy atom. The molecular formula is C16H22FNO2. The first kappa shape index (κ1) is 13.8. The summed E-state index contributed by atoms with van der Waals surface area (Å²) in [6.45, 7) is 6.65. The molecule has 1 aromatic rings. The van der Waals surface area contributed by atoms with Crippen LogP contribution in [0.1, 0.15) is 31.9 Å². The molecule has 0 saturated carbocycles. The molecule has 1 saturated heterocycles. The number of ether oxygens (including phenoxy) is 1. The number of likely N-dealkylation sites (tertiary alicyclic amines) is 1. The number of aliphatic hydroxyl groups is 1. The Morgan fingerprint density at radius 1 is 1.25 bits per heavy atom. The minimum absolute atomic E-state index is 0.153. The van der Waals surface area contributed by atoms with Crippen LogP contribution >= 0.6 is 0 Å². The summed E-state index contributed by atoms with van der Waals surface area (Å²) < 4.78 is 19.1. The molecule has 1 fully saturated rings. The van der Waals surface area contributed by atoms with E-state index in [4.69, 9.17) is 4.74 Å². The van der Waals surface area contributed by atoms with Crippen LogP contribution in [-0.2, 0) is 0 Å². The van der Waals surface area contributed by atoms with Gasteiger partial charge in [0.05, 0.1) is 6.04 Å². The molecule has 3 rings (SSSR count). The lowest BCUT2D eigenvalue weighted by Crippen LogP contribution is -2.48. The van der Waals surface area contributed by atoms with Crippen LogP contribution in [0.15, 0.2) is 18.2 Å². The first-order chi connectivity index (χ1) is 9.54. The van der Waals surface area contributed by atoms with Crippen molar-refractivity contribution < 1.29 is 14.2 Å². The van der Waals surface area contributed by atoms with Gasteiger partial charge in [-0.1, -0.05) is 13.8 Å². The number of benzene rings is 1. The normalized spacial score (nSPS) is 34.4. The van der Waals surface area contributed by atoms with Gasteiger partial charge in [-0.3, -0.25) is 4.90 Å². The van der Waals surface area contributed by atoms with E-state index in [0.29, 0.717) is 17.6 Å². The SMILES string of the molecule is CC1CC(C)CN(C2c3cc(F)ccc3OCC2O)C1. The van der Waals surface area contributed by atoms with Crippen molar-refractivity contribution in [2.45, 2.75) is 32.4 Å². The fraction of sp³-hybridized carbons (Fsp3) is 0.625. The van der Waals surface area contributed by atoms with Gasteiger partial charge in [-0.15, -0.1) is 0 Å². The molecule has 20 heavy (non-hydrogen) atoms. The van der Waals surface area contributed by atoms with Gasteiger partial charge >= 0.3 is 0 Å². The van der Waals surface area contributed by atoms with E-state index < -0.39 is 6.10 Å². The Hall–Kier alpha value is -1.13. The lowest BCUT2D eigenvalue weighted by Gasteiger charge is -2.44. The summed E-state index contributed by atoms with van der Waals surface area (Å²) in [5.41, 5.74) is 0.782. The van der Waals surface area contributed by atoms with Crippen LogP contribution in [0.2, 0.25) is 0 Å². The van der Waals surface area contributed by atoms with Gasteiger partial charge in [0.25, 0.3) is 0 Å². The van der Waals surface area contributed by atoms with Gasteiger partial charge in [-0.25, -0.2) is 4.39 Å². The minimum Gasteiger partial charge on any atom is -0.490 e. The second kappa shape index (κ2) is 5.34. The van der Waals surface area contributed by atoms with E-state index in [2.05, 4.69) is 18.7 Å². The molecule has 2 heterocycles. The molecule has 0 aromatic heterocycles. The van der Waals surface area contributed by atoms with Gasteiger partial charge in [0.2, 0.25) is 0 Å². The molecule has 0 amide bonds. The van der Waals surface area contributed by atoms with Crippen molar-refractivity contribution in [3.05, 3.63) is 29.6 Å². The van der Waals surface area contributed by atoms with E-state index in [1.54, 1.807) is 6.07 Å². The molecule has 4 unspecified atom stereocenters. The van der Waals surface area contributed by atoms with E-state index >= 15 is 0 Å². The average Bonchev–Trinajstić information content (AvgIpc) is 2.37. The van der Waals surface area contributed by atoms with Crippen LogP contribution in [0.3, 0.4) is 0 Å². The number of hydrogen-bond donors (Lipinski definition) is 1. The van der Waals surface area contributed by atoms with Crippen LogP contribution in [0, 0.1) is 17.7 Å². The summed E-state index contributed by atoms with van der Waals surface area (Å²) in [4.78, 5) is 2.30. The second-order valence-corrected chi connectivity index (χ2v) is 6.41. The summed E-state index contributed by atoms with van der Waals surface area (Å²) in [7, 11) is 0. The first-order valence-electron chi connectivity index (χ1n) is 7.39. The van der Waals surface area contributed by atoms with Crippen LogP contribution in [0.4, 0.5) is 4.39 Å². The van der Waals surface area contributed by atoms with Crippen LogP contribution < -0.4 is 4.74 Å². The Kier molecular flexibility index (Phi) is 3.69. The fourth-order valence-corrected chi connectivity index (χ4v) is 3.73. The highest BCUT2D eigenvalue weighted by atomic mass is 19.1. The molecule has 4 heteroatoms. The zero-order chi connectivity index (χ0) is 14.3. The van der Waals surface area contributed by atoms with Crippen molar-refractivity contribution in [3.63, 3.8) is 0 Å². The van der Waals surface area contributed by atoms with Gasteiger partial charge in [0, 0.05) is 18.7 Å². The average molecular weight is 279 g/mol. The molecule has 0 spiro atoms. The van der Waals surface area contributed by atoms with E-state index in [-0.39, 0.29) is 18.5 Å². The smallest absolute Gasteiger partial charge is 0.124 e. The summed E-state index contributed by atoms with van der Waals surface area (Å²) in [6.07, 6.45) is 0.619. The maximum atomic E-state index is 13.6. The Morgan fingerprint density at radius 2 is 1.95 bits per heavy atom. The standard InChI is InChI=1S/C16H22FNO2/c1-10-5-11(2)8-18(7-10)16-13-6-12(17)3-4-15(13)20-9-14(16)19/h3-4,6,10-11,14,16,19H,5,7-9H2,1-2H3. The van der Waals surface area contributed by atoms with Crippen LogP contribution in [0.25, 0.3) is 0 Å². The summed E-state index contributed by atoms with van der Waals surface area (Å²) in [5, 5.41) is 10.3. The highest BCUT2D eigenvalue weighted by Gasteiger charge is 2.37. The molecule has 3 nitrogen and oxygen atoms in total. The third-order valence-electron chi connectivity index (χ3n) is 4.36. The molecule has 0 bridgehead atoms. The molecule has 4 atom stereocenters. The summed E-state index contributed by atoms with van der Waals surface area (Å²) >= 11 is 0. The lowest BCUT2D eigenvalue weighted by molar-refractivity contribution is -0.0231. The maximum absolute atomic E-state index is 13.6. The molecule has 1 N–H and O–H groups in total. The Balaban J connectivity index is 1.94. The van der Waals surface area contributed by atoms with Crippen molar-refractivity contribution in [1.29, 1.82) is 0 Å². The number of fused-ring (bicyclic) bond motifs is 1. The number of halogens is 1. The summed E-state index contributed by atoms with van der Waals surface area (Å²) in [6, 6.07) is 4.43. The highest BCUT2D eigenvalue weighted by Crippen LogP contribution is 2.39. The van der Waals surface area contributed by atoms with Gasteiger partial charge in [-0.05, 0) is 36.5 Å². The maximum Gasteiger partial charge on any atom is 0.124 e. The number of piperidine rings is 1. The topological polar surface area (TPSA) is 32.7 Å². The Bertz CT molecular complexity index is 483. The zero-order valence-electron chi connectivity index (χ0n) is 12.1. The number of rotatable bonds is 1. The van der Waals surface area contributed by atoms with Crippen molar-refractivity contribution >= 4 is 0 Å². The van der Waals surface area contributed by atoms with E-state index in [0.717, 1.165) is 18.7 Å². The number of aliphatic hydroxyl groups excluding tert-OH is 1. The molecule has 0 aliphatic carbocycles. The highest BCUT2D eigenvalue weighted by molar-refractivity contribution is 5.39. The van der Waals surface area contributed by atoms with Crippen LogP contribution in [0.5, 0.6) is 5.75 Å². The van der Waals surface area contributed by atoms with Crippen molar-refractivity contribution in [3.8, 4) is 5.75 Å². The van der Waals surface area contributed by atoms with Crippen molar-refractivity contribution in [2.75, 3.05) is 19.7 Å². The van der Waals surface area contributed by atoms with Crippen LogP contribution in [-0.4, -0.2) is 35.8 Å². The van der Waals surface area contributed by atoms with Gasteiger partial charge < -0.3 is 9.84 Å². The molecule has 110 valence electrons. The Labute approximate surface area is 119 Å². The van der Waals surface area contributed by atoms with E-state index in [1.165, 1.54) is 18.6 Å². The third kappa shape index (κ3) is 2.54. The lowest BCUT2D eigenvalue weighted by atomic mass is 9.87. The van der Waals surface area contributed by atoms with E-state index in [1.807, 2.05) is 0 Å². The molecular weight excluding hydrogens is 257 g/mol. The van der Waals surface area contributed by atoms with Gasteiger partial charge in [-0.2, -0.15) is 0 Å². The molecule has 0 radical (unpaired) electrons. The molecule has 2 aliphatic rings. The largest absolute Gasteiger partial charge is 0.490 e. The predicted molar refractivity (Wildman–Crippen MR) is 75.2 cm³/mol. The van der Waals surface area contributed by atoms with E-state index in [9.17, 15) is 9.50 Å². The monoisotopic (exact) mass is 279 g/mol. The zero-order valence-corrected chi connectivity index (χ0v) is 12.1. The summed E-state index contributed by atoms with van der Waals surface area (Å²) in [5.74, 6) is 1.63. The molecule has 1 aromatic carbocycles. The quantitative estimate of drug-likeness (QED) is 0.857.